The Morgan fingerprint density at radius 2 is 2.04 bits per heavy atom. The van der Waals surface area contributed by atoms with E-state index in [1.165, 1.54) is 0 Å². The SMILES string of the molecule is C=C/C(=N\N=C(/C)N1CCNCC1)c1ccc(/C(C=NC)=C/CCC)cc1O. The second kappa shape index (κ2) is 11.2. The minimum Gasteiger partial charge on any atom is -0.507 e. The van der Waals surface area contributed by atoms with Gasteiger partial charge in [-0.25, -0.2) is 0 Å². The lowest BCUT2D eigenvalue weighted by molar-refractivity contribution is 0.355. The van der Waals surface area contributed by atoms with Crippen molar-refractivity contribution in [3.8, 4) is 5.75 Å². The molecular weight excluding hydrogens is 350 g/mol. The van der Waals surface area contributed by atoms with Gasteiger partial charge in [0.15, 0.2) is 0 Å². The molecule has 150 valence electrons. The van der Waals surface area contributed by atoms with Crippen molar-refractivity contribution in [3.63, 3.8) is 0 Å². The lowest BCUT2D eigenvalue weighted by Gasteiger charge is -2.28. The van der Waals surface area contributed by atoms with Crippen LogP contribution >= 0.6 is 0 Å². The Morgan fingerprint density at radius 3 is 2.64 bits per heavy atom. The monoisotopic (exact) mass is 381 g/mol. The molecule has 0 unspecified atom stereocenters. The van der Waals surface area contributed by atoms with Crippen molar-refractivity contribution in [1.29, 1.82) is 0 Å². The van der Waals surface area contributed by atoms with Crippen molar-refractivity contribution in [3.05, 3.63) is 48.1 Å². The number of aliphatic imine (C=N–C) groups is 1. The maximum Gasteiger partial charge on any atom is 0.125 e. The minimum atomic E-state index is 0.151. The molecule has 0 bridgehead atoms. The minimum absolute atomic E-state index is 0.151. The summed E-state index contributed by atoms with van der Waals surface area (Å²) in [5.41, 5.74) is 3.07. The molecule has 1 aromatic rings. The quantitative estimate of drug-likeness (QED) is 0.431. The fourth-order valence-electron chi connectivity index (χ4n) is 2.99. The highest BCUT2D eigenvalue weighted by Gasteiger charge is 2.12. The zero-order chi connectivity index (χ0) is 20.4. The van der Waals surface area contributed by atoms with E-state index < -0.39 is 0 Å². The number of hydrogen-bond acceptors (Lipinski definition) is 5. The molecule has 0 spiro atoms. The summed E-state index contributed by atoms with van der Waals surface area (Å²) in [6, 6.07) is 5.55. The van der Waals surface area contributed by atoms with Crippen LogP contribution in [0.3, 0.4) is 0 Å². The number of unbranched alkanes of at least 4 members (excludes halogenated alkanes) is 1. The van der Waals surface area contributed by atoms with Crippen molar-refractivity contribution in [2.24, 2.45) is 15.2 Å². The van der Waals surface area contributed by atoms with E-state index in [-0.39, 0.29) is 5.75 Å². The van der Waals surface area contributed by atoms with Gasteiger partial charge in [-0.15, -0.1) is 10.2 Å². The van der Waals surface area contributed by atoms with Crippen molar-refractivity contribution in [2.45, 2.75) is 26.7 Å². The summed E-state index contributed by atoms with van der Waals surface area (Å²) in [7, 11) is 1.75. The molecule has 1 aliphatic heterocycles. The number of aromatic hydroxyl groups is 1. The summed E-state index contributed by atoms with van der Waals surface area (Å²) in [6.07, 6.45) is 7.58. The first-order chi connectivity index (χ1) is 13.6. The van der Waals surface area contributed by atoms with E-state index in [1.54, 1.807) is 19.2 Å². The van der Waals surface area contributed by atoms with Crippen LogP contribution in [0.1, 0.15) is 37.8 Å². The van der Waals surface area contributed by atoms with Gasteiger partial charge < -0.3 is 15.3 Å². The van der Waals surface area contributed by atoms with E-state index in [4.69, 9.17) is 0 Å². The zero-order valence-electron chi connectivity index (χ0n) is 17.1. The lowest BCUT2D eigenvalue weighted by atomic mass is 10.0. The van der Waals surface area contributed by atoms with Gasteiger partial charge in [-0.1, -0.05) is 32.1 Å². The number of nitrogens with one attached hydrogen (secondary N) is 1. The average molecular weight is 382 g/mol. The molecule has 0 saturated carbocycles. The van der Waals surface area contributed by atoms with E-state index in [1.807, 2.05) is 25.3 Å². The number of nitrogens with zero attached hydrogens (tertiary/aromatic N) is 4. The van der Waals surface area contributed by atoms with Crippen LogP contribution in [-0.2, 0) is 0 Å². The molecule has 0 amide bonds. The van der Waals surface area contributed by atoms with Gasteiger partial charge in [0.1, 0.15) is 11.6 Å². The predicted molar refractivity (Wildman–Crippen MR) is 120 cm³/mol. The lowest BCUT2D eigenvalue weighted by Crippen LogP contribution is -2.45. The van der Waals surface area contributed by atoms with Crippen LogP contribution in [0.4, 0.5) is 0 Å². The third-order valence-electron chi connectivity index (χ3n) is 4.60. The molecule has 1 aliphatic rings. The molecule has 1 heterocycles. The molecule has 1 fully saturated rings. The predicted octanol–water partition coefficient (Wildman–Crippen LogP) is 3.49. The number of benzene rings is 1. The largest absolute Gasteiger partial charge is 0.507 e. The van der Waals surface area contributed by atoms with Gasteiger partial charge in [0, 0.05) is 45.0 Å². The molecule has 6 heteroatoms. The Hall–Kier alpha value is -2.73. The van der Waals surface area contributed by atoms with Crippen LogP contribution in [0.2, 0.25) is 0 Å². The highest BCUT2D eigenvalue weighted by Crippen LogP contribution is 2.24. The molecule has 6 nitrogen and oxygen atoms in total. The van der Waals surface area contributed by atoms with Gasteiger partial charge in [-0.3, -0.25) is 4.99 Å². The highest BCUT2D eigenvalue weighted by molar-refractivity contribution is 6.12. The molecule has 0 aromatic heterocycles. The third-order valence-corrected chi connectivity index (χ3v) is 4.60. The van der Waals surface area contributed by atoms with E-state index in [9.17, 15) is 5.11 Å². The van der Waals surface area contributed by atoms with Crippen LogP contribution < -0.4 is 5.32 Å². The van der Waals surface area contributed by atoms with Crippen molar-refractivity contribution in [1.82, 2.24) is 10.2 Å². The third kappa shape index (κ3) is 5.89. The summed E-state index contributed by atoms with van der Waals surface area (Å²) in [5.74, 6) is 1.01. The molecule has 0 radical (unpaired) electrons. The molecule has 0 atom stereocenters. The molecule has 1 saturated heterocycles. The van der Waals surface area contributed by atoms with Gasteiger partial charge >= 0.3 is 0 Å². The Kier molecular flexibility index (Phi) is 8.62. The first-order valence-corrected chi connectivity index (χ1v) is 9.77. The van der Waals surface area contributed by atoms with E-state index in [2.05, 4.69) is 45.0 Å². The Labute approximate surface area is 168 Å². The Bertz CT molecular complexity index is 786. The number of hydrogen-bond donors (Lipinski definition) is 2. The summed E-state index contributed by atoms with van der Waals surface area (Å²) in [5, 5.41) is 22.6. The number of piperazine rings is 1. The first kappa shape index (κ1) is 21.6. The second-order valence-electron chi connectivity index (χ2n) is 6.64. The van der Waals surface area contributed by atoms with Crippen LogP contribution in [-0.4, -0.2) is 61.0 Å². The number of phenols is 1. The van der Waals surface area contributed by atoms with Gasteiger partial charge in [-0.2, -0.15) is 0 Å². The molecule has 28 heavy (non-hydrogen) atoms. The standard InChI is InChI=1S/C22H31N5O/c1-5-7-8-19(16-23-4)18-9-10-20(22(28)15-18)21(6-2)26-25-17(3)27-13-11-24-12-14-27/h6,8-10,15-16,24,28H,2,5,7,11-14H2,1,3-4H3/b19-8+,23-16?,25-17+,26-21+. The normalized spacial score (nSPS) is 16.7. The average Bonchev–Trinajstić information content (AvgIpc) is 2.72. The zero-order valence-corrected chi connectivity index (χ0v) is 17.1. The topological polar surface area (TPSA) is 72.6 Å². The van der Waals surface area contributed by atoms with E-state index >= 15 is 0 Å². The smallest absolute Gasteiger partial charge is 0.125 e. The molecular formula is C22H31N5O. The number of phenolic OH excluding ortho intramolecular Hbond substituents is 1. The van der Waals surface area contributed by atoms with Crippen LogP contribution in [0.25, 0.3) is 5.57 Å². The maximum atomic E-state index is 10.6. The van der Waals surface area contributed by atoms with Crippen LogP contribution in [0.15, 0.2) is 52.1 Å². The van der Waals surface area contributed by atoms with Crippen LogP contribution in [0, 0.1) is 0 Å². The summed E-state index contributed by atoms with van der Waals surface area (Å²) >= 11 is 0. The van der Waals surface area contributed by atoms with Crippen LogP contribution in [0.5, 0.6) is 5.75 Å². The van der Waals surface area contributed by atoms with Crippen molar-refractivity contribution < 1.29 is 5.11 Å². The second-order valence-corrected chi connectivity index (χ2v) is 6.64. The first-order valence-electron chi connectivity index (χ1n) is 9.77. The Morgan fingerprint density at radius 1 is 1.29 bits per heavy atom. The van der Waals surface area contributed by atoms with Gasteiger partial charge in [0.25, 0.3) is 0 Å². The molecule has 0 aliphatic carbocycles. The number of amidine groups is 1. The van der Waals surface area contributed by atoms with Crippen molar-refractivity contribution >= 4 is 23.3 Å². The van der Waals surface area contributed by atoms with E-state index in [0.717, 1.165) is 56.0 Å². The van der Waals surface area contributed by atoms with Crippen molar-refractivity contribution in [2.75, 3.05) is 33.2 Å². The maximum absolute atomic E-state index is 10.6. The Balaban J connectivity index is 2.28. The number of allylic oxidation sites excluding steroid dienone is 3. The summed E-state index contributed by atoms with van der Waals surface area (Å²) in [4.78, 5) is 6.31. The van der Waals surface area contributed by atoms with Gasteiger partial charge in [0.05, 0.1) is 5.71 Å². The fraction of sp³-hybridized carbons (Fsp3) is 0.409. The molecule has 2 N–H and O–H groups in total. The van der Waals surface area contributed by atoms with Gasteiger partial charge in [-0.05, 0) is 42.7 Å². The summed E-state index contributed by atoms with van der Waals surface area (Å²) in [6.45, 7) is 11.6. The highest BCUT2D eigenvalue weighted by atomic mass is 16.3. The molecule has 2 rings (SSSR count). The fourth-order valence-corrected chi connectivity index (χ4v) is 2.99. The van der Waals surface area contributed by atoms with E-state index in [0.29, 0.717) is 11.3 Å². The molecule has 1 aromatic carbocycles. The number of rotatable bonds is 7. The summed E-state index contributed by atoms with van der Waals surface area (Å²) < 4.78 is 0. The van der Waals surface area contributed by atoms with Gasteiger partial charge in [0.2, 0.25) is 0 Å².